The predicted molar refractivity (Wildman–Crippen MR) is 275 cm³/mol. The number of nitrogens with two attached hydrogens (primary N) is 1. The van der Waals surface area contributed by atoms with Crippen molar-refractivity contribution < 1.29 is 0 Å². The van der Waals surface area contributed by atoms with Gasteiger partial charge in [0.1, 0.15) is 0 Å². The standard InChI is InChI=1S/C31H24N2.C10H21N3.C7H8.C4H6.2C2H6/c1-4-24-26-19-27-25-13-9-10-14-29(25)33(23-17-15-21(3)16-18-23)31(27)20-30(26)32(28(24)5-2)22-11-7-6-8-12-22;1-3-4-5-6-7-8-10(12-2)13-9-11;1-7-5-3-2-4-6-7;1-3-4-2;2*1-2/h4-20H,1-2H2,3H3;5-8,10,12-13H,3-4,9,11H2,1-2H3;2-6H,1H3;3-4H,1-2H2;2*1-2H3/b;6-5-,8-7?;;;;. The average Bonchev–Trinajstić information content (AvgIpc) is 3.81. The number of aromatic nitrogens is 2. The molecular formula is C56H71N5. The van der Waals surface area contributed by atoms with Crippen molar-refractivity contribution >= 4 is 44.9 Å². The first-order valence-electron chi connectivity index (χ1n) is 21.5. The summed E-state index contributed by atoms with van der Waals surface area (Å²) >= 11 is 0. The zero-order valence-electron chi connectivity index (χ0n) is 38.2. The third-order valence-corrected chi connectivity index (χ3v) is 9.30. The largest absolute Gasteiger partial charge is 0.318 e. The molecule has 0 saturated heterocycles. The van der Waals surface area contributed by atoms with Crippen LogP contribution in [0.25, 0.3) is 56.2 Å². The van der Waals surface area contributed by atoms with Gasteiger partial charge in [0.25, 0.3) is 0 Å². The Balaban J connectivity index is 0.000000377. The van der Waals surface area contributed by atoms with Crippen molar-refractivity contribution in [2.75, 3.05) is 13.7 Å². The van der Waals surface area contributed by atoms with Crippen molar-refractivity contribution in [3.05, 3.63) is 206 Å². The summed E-state index contributed by atoms with van der Waals surface area (Å²) in [6, 6.07) is 42.8. The second kappa shape index (κ2) is 29.1. The molecule has 0 saturated carbocycles. The fourth-order valence-corrected chi connectivity index (χ4v) is 6.48. The first-order valence-corrected chi connectivity index (χ1v) is 21.5. The number of hydrogen-bond donors (Lipinski definition) is 3. The molecule has 61 heavy (non-hydrogen) atoms. The summed E-state index contributed by atoms with van der Waals surface area (Å²) in [6.07, 6.45) is 17.9. The van der Waals surface area contributed by atoms with Crippen LogP contribution in [0.3, 0.4) is 0 Å². The Kier molecular flexibility index (Phi) is 24.2. The van der Waals surface area contributed by atoms with Crippen LogP contribution in [0.1, 0.15) is 69.8 Å². The van der Waals surface area contributed by atoms with Gasteiger partial charge in [-0.05, 0) is 75.9 Å². The summed E-state index contributed by atoms with van der Waals surface area (Å²) in [5, 5.41) is 9.82. The van der Waals surface area contributed by atoms with Gasteiger partial charge in [-0.3, -0.25) is 5.32 Å². The van der Waals surface area contributed by atoms with Gasteiger partial charge in [0.2, 0.25) is 0 Å². The van der Waals surface area contributed by atoms with Gasteiger partial charge < -0.3 is 20.2 Å². The van der Waals surface area contributed by atoms with E-state index in [1.807, 2.05) is 83.3 Å². The molecule has 5 heteroatoms. The number of nitrogens with one attached hydrogen (secondary N) is 2. The number of hydrogen-bond acceptors (Lipinski definition) is 3. The highest BCUT2D eigenvalue weighted by molar-refractivity contribution is 6.15. The summed E-state index contributed by atoms with van der Waals surface area (Å²) in [4.78, 5) is 0. The van der Waals surface area contributed by atoms with Gasteiger partial charge in [-0.1, -0.05) is 200 Å². The number of allylic oxidation sites excluding steroid dienone is 5. The fraction of sp³-hybridized carbons (Fsp3) is 0.214. The smallest absolute Gasteiger partial charge is 0.0774 e. The van der Waals surface area contributed by atoms with Crippen LogP contribution in [0.2, 0.25) is 0 Å². The molecule has 4 N–H and O–H groups in total. The molecule has 5 nitrogen and oxygen atoms in total. The first-order chi connectivity index (χ1) is 29.9. The third kappa shape index (κ3) is 14.5. The zero-order chi connectivity index (χ0) is 45.0. The monoisotopic (exact) mass is 814 g/mol. The van der Waals surface area contributed by atoms with E-state index >= 15 is 0 Å². The summed E-state index contributed by atoms with van der Waals surface area (Å²) in [7, 11) is 1.90. The number of para-hydroxylation sites is 2. The number of likely N-dealkylation sites (N-methyl/N-ethyl adjacent to an activating group) is 1. The van der Waals surface area contributed by atoms with Crippen LogP contribution in [-0.2, 0) is 0 Å². The van der Waals surface area contributed by atoms with Crippen LogP contribution in [0.4, 0.5) is 0 Å². The van der Waals surface area contributed by atoms with Gasteiger partial charge in [-0.15, -0.1) is 0 Å². The highest BCUT2D eigenvalue weighted by atomic mass is 15.1. The van der Waals surface area contributed by atoms with E-state index in [2.05, 4.69) is 176 Å². The normalized spacial score (nSPS) is 10.8. The SMILES string of the molecule is C=CC=C.C=Cc1c(C=C)n(-c2ccccc2)c2cc3c(cc12)c1ccccc1n3-c1ccc(C)cc1.CC.CC.CCC/C=C\C=CC(NC)NCN.Cc1ccccc1. The minimum Gasteiger partial charge on any atom is -0.318 e. The highest BCUT2D eigenvalue weighted by Gasteiger charge is 2.19. The number of nitrogens with zero attached hydrogens (tertiary/aromatic N) is 2. The molecule has 0 aliphatic rings. The van der Waals surface area contributed by atoms with Gasteiger partial charge >= 0.3 is 0 Å². The number of unbranched alkanes of at least 4 members (excludes halogenated alkanes) is 1. The molecule has 0 spiro atoms. The molecular weight excluding hydrogens is 743 g/mol. The molecule has 0 aliphatic carbocycles. The molecule has 2 aromatic heterocycles. The molecule has 0 amide bonds. The van der Waals surface area contributed by atoms with Gasteiger partial charge in [0.05, 0.1) is 28.4 Å². The average molecular weight is 814 g/mol. The third-order valence-electron chi connectivity index (χ3n) is 9.30. The quantitative estimate of drug-likeness (QED) is 0.0851. The van der Waals surface area contributed by atoms with Gasteiger partial charge in [-0.2, -0.15) is 0 Å². The van der Waals surface area contributed by atoms with E-state index in [0.29, 0.717) is 6.67 Å². The Morgan fingerprint density at radius 1 is 0.607 bits per heavy atom. The molecule has 0 aliphatic heterocycles. The molecule has 1 unspecified atom stereocenters. The van der Waals surface area contributed by atoms with E-state index in [4.69, 9.17) is 5.73 Å². The van der Waals surface area contributed by atoms with E-state index in [9.17, 15) is 0 Å². The second-order valence-electron chi connectivity index (χ2n) is 13.4. The maximum atomic E-state index is 5.35. The summed E-state index contributed by atoms with van der Waals surface area (Å²) < 4.78 is 4.66. The van der Waals surface area contributed by atoms with Gasteiger partial charge in [-0.25, -0.2) is 0 Å². The van der Waals surface area contributed by atoms with Crippen molar-refractivity contribution in [2.45, 2.75) is 67.5 Å². The predicted octanol–water partition coefficient (Wildman–Crippen LogP) is 14.7. The second-order valence-corrected chi connectivity index (χ2v) is 13.4. The molecule has 0 bridgehead atoms. The highest BCUT2D eigenvalue weighted by Crippen LogP contribution is 2.39. The van der Waals surface area contributed by atoms with Crippen molar-refractivity contribution in [2.24, 2.45) is 5.73 Å². The van der Waals surface area contributed by atoms with Crippen LogP contribution in [0.15, 0.2) is 184 Å². The van der Waals surface area contributed by atoms with Crippen molar-refractivity contribution in [1.82, 2.24) is 19.8 Å². The van der Waals surface area contributed by atoms with Gasteiger partial charge in [0, 0.05) is 39.8 Å². The lowest BCUT2D eigenvalue weighted by molar-refractivity contribution is 0.542. The van der Waals surface area contributed by atoms with E-state index < -0.39 is 0 Å². The van der Waals surface area contributed by atoms with Crippen molar-refractivity contribution in [3.8, 4) is 11.4 Å². The summed E-state index contributed by atoms with van der Waals surface area (Å²) in [6.45, 7) is 29.8. The lowest BCUT2D eigenvalue weighted by Gasteiger charge is -2.11. The van der Waals surface area contributed by atoms with Crippen LogP contribution in [0.5, 0.6) is 0 Å². The lowest BCUT2D eigenvalue weighted by atomic mass is 10.1. The fourth-order valence-electron chi connectivity index (χ4n) is 6.48. The Morgan fingerprint density at radius 2 is 1.16 bits per heavy atom. The molecule has 0 fully saturated rings. The molecule has 320 valence electrons. The minimum atomic E-state index is 0.163. The topological polar surface area (TPSA) is 59.9 Å². The zero-order valence-corrected chi connectivity index (χ0v) is 38.2. The Labute approximate surface area is 368 Å². The first kappa shape index (κ1) is 50.9. The molecule has 2 heterocycles. The van der Waals surface area contributed by atoms with E-state index in [0.717, 1.165) is 34.6 Å². The maximum Gasteiger partial charge on any atom is 0.0774 e. The van der Waals surface area contributed by atoms with Crippen LogP contribution in [-0.4, -0.2) is 29.0 Å². The molecule has 5 aromatic carbocycles. The minimum absolute atomic E-state index is 0.163. The number of aryl methyl sites for hydroxylation is 2. The van der Waals surface area contributed by atoms with E-state index in [-0.39, 0.29) is 6.17 Å². The van der Waals surface area contributed by atoms with E-state index in [1.165, 1.54) is 44.7 Å². The van der Waals surface area contributed by atoms with Crippen LogP contribution in [0, 0.1) is 13.8 Å². The number of fused-ring (bicyclic) bond motifs is 4. The maximum absolute atomic E-state index is 5.35. The van der Waals surface area contributed by atoms with Gasteiger partial charge in [0.15, 0.2) is 0 Å². The van der Waals surface area contributed by atoms with Crippen molar-refractivity contribution in [3.63, 3.8) is 0 Å². The Bertz CT molecular complexity index is 2390. The van der Waals surface area contributed by atoms with Crippen LogP contribution < -0.4 is 16.4 Å². The Hall–Kier alpha value is -6.24. The lowest BCUT2D eigenvalue weighted by Crippen LogP contribution is -2.41. The van der Waals surface area contributed by atoms with E-state index in [1.54, 1.807) is 12.2 Å². The molecule has 0 radical (unpaired) electrons. The number of benzene rings is 5. The summed E-state index contributed by atoms with van der Waals surface area (Å²) in [5.41, 5.74) is 15.9. The number of rotatable bonds is 12. The molecule has 7 aromatic rings. The molecule has 7 rings (SSSR count). The Morgan fingerprint density at radius 3 is 1.69 bits per heavy atom. The van der Waals surface area contributed by atoms with Crippen LogP contribution >= 0.6 is 0 Å². The summed E-state index contributed by atoms with van der Waals surface area (Å²) in [5.74, 6) is 0. The molecule has 1 atom stereocenters. The van der Waals surface area contributed by atoms with Crippen molar-refractivity contribution in [1.29, 1.82) is 0 Å².